The van der Waals surface area contributed by atoms with Crippen molar-refractivity contribution in [1.29, 1.82) is 0 Å². The Morgan fingerprint density at radius 3 is 2.96 bits per heavy atom. The number of anilines is 1. The number of likely N-dealkylation sites (tertiary alicyclic amines) is 1. The SMILES string of the molecule is CSC[C@@H](C)C(=O)Nc1cccc(C(=O)N2CCC[C@H](O)C2)c1. The normalized spacial score (nSPS) is 19.3. The van der Waals surface area contributed by atoms with Crippen LogP contribution in [0.25, 0.3) is 0 Å². The summed E-state index contributed by atoms with van der Waals surface area (Å²) in [5, 5.41) is 12.6. The van der Waals surface area contributed by atoms with Crippen LogP contribution in [0.15, 0.2) is 24.3 Å². The molecule has 1 aromatic carbocycles. The second kappa shape index (κ2) is 8.36. The van der Waals surface area contributed by atoms with Gasteiger partial charge in [0.1, 0.15) is 0 Å². The van der Waals surface area contributed by atoms with Crippen LogP contribution in [-0.2, 0) is 4.79 Å². The Labute approximate surface area is 141 Å². The molecule has 0 aromatic heterocycles. The molecule has 2 atom stereocenters. The van der Waals surface area contributed by atoms with E-state index in [9.17, 15) is 14.7 Å². The minimum absolute atomic E-state index is 0.0441. The van der Waals surface area contributed by atoms with Crippen molar-refractivity contribution in [2.45, 2.75) is 25.9 Å². The van der Waals surface area contributed by atoms with Crippen LogP contribution < -0.4 is 5.32 Å². The Bertz CT molecular complexity index is 565. The average Bonchev–Trinajstić information content (AvgIpc) is 2.54. The first-order valence-electron chi connectivity index (χ1n) is 7.88. The van der Waals surface area contributed by atoms with E-state index in [2.05, 4.69) is 5.32 Å². The number of nitrogens with zero attached hydrogens (tertiary/aromatic N) is 1. The molecule has 126 valence electrons. The molecule has 0 aliphatic carbocycles. The number of aliphatic hydroxyl groups is 1. The number of piperidine rings is 1. The zero-order valence-electron chi connectivity index (χ0n) is 13.6. The van der Waals surface area contributed by atoms with Crippen LogP contribution in [0.4, 0.5) is 5.69 Å². The number of hydrogen-bond donors (Lipinski definition) is 2. The van der Waals surface area contributed by atoms with Gasteiger partial charge in [-0.2, -0.15) is 11.8 Å². The third kappa shape index (κ3) is 4.97. The molecule has 23 heavy (non-hydrogen) atoms. The summed E-state index contributed by atoms with van der Waals surface area (Å²) >= 11 is 1.63. The van der Waals surface area contributed by atoms with Gasteiger partial charge in [-0.25, -0.2) is 0 Å². The number of carbonyl (C=O) groups excluding carboxylic acids is 2. The lowest BCUT2D eigenvalue weighted by atomic mass is 10.1. The molecule has 0 bridgehead atoms. The first-order chi connectivity index (χ1) is 11.0. The van der Waals surface area contributed by atoms with Crippen LogP contribution in [0, 0.1) is 5.92 Å². The third-order valence-corrected chi connectivity index (χ3v) is 4.76. The number of aliphatic hydroxyl groups excluding tert-OH is 1. The summed E-state index contributed by atoms with van der Waals surface area (Å²) in [6.07, 6.45) is 3.08. The molecular weight excluding hydrogens is 312 g/mol. The molecule has 2 amide bonds. The molecule has 2 rings (SSSR count). The minimum Gasteiger partial charge on any atom is -0.391 e. The van der Waals surface area contributed by atoms with E-state index in [1.54, 1.807) is 40.9 Å². The predicted octanol–water partition coefficient (Wildman–Crippen LogP) is 2.22. The van der Waals surface area contributed by atoms with Crippen molar-refractivity contribution in [2.24, 2.45) is 5.92 Å². The molecule has 1 heterocycles. The molecule has 2 N–H and O–H groups in total. The Hall–Kier alpha value is -1.53. The van der Waals surface area contributed by atoms with E-state index in [-0.39, 0.29) is 17.7 Å². The van der Waals surface area contributed by atoms with Crippen LogP contribution in [0.3, 0.4) is 0 Å². The number of thioether (sulfide) groups is 1. The molecule has 0 saturated carbocycles. The quantitative estimate of drug-likeness (QED) is 0.865. The topological polar surface area (TPSA) is 69.6 Å². The van der Waals surface area contributed by atoms with Gasteiger partial charge in [0.15, 0.2) is 0 Å². The molecule has 1 aliphatic rings. The third-order valence-electron chi connectivity index (χ3n) is 3.93. The molecule has 1 aromatic rings. The van der Waals surface area contributed by atoms with Crippen molar-refractivity contribution < 1.29 is 14.7 Å². The summed E-state index contributed by atoms with van der Waals surface area (Å²) in [4.78, 5) is 26.3. The molecular formula is C17H24N2O3S. The highest BCUT2D eigenvalue weighted by Gasteiger charge is 2.23. The summed E-state index contributed by atoms with van der Waals surface area (Å²) in [7, 11) is 0. The molecule has 0 unspecified atom stereocenters. The number of rotatable bonds is 5. The molecule has 0 radical (unpaired) electrons. The summed E-state index contributed by atoms with van der Waals surface area (Å²) in [5.74, 6) is 0.534. The number of hydrogen-bond acceptors (Lipinski definition) is 4. The van der Waals surface area contributed by atoms with E-state index in [1.165, 1.54) is 0 Å². The van der Waals surface area contributed by atoms with Crippen LogP contribution in [0.5, 0.6) is 0 Å². The van der Waals surface area contributed by atoms with E-state index in [0.717, 1.165) is 18.6 Å². The van der Waals surface area contributed by atoms with E-state index >= 15 is 0 Å². The standard InChI is InChI=1S/C17H24N2O3S/c1-12(11-23-2)16(21)18-14-6-3-5-13(9-14)17(22)19-8-4-7-15(20)10-19/h3,5-6,9,12,15,20H,4,7-8,10-11H2,1-2H3,(H,18,21)/t12-,15+/m1/s1. The highest BCUT2D eigenvalue weighted by molar-refractivity contribution is 7.98. The highest BCUT2D eigenvalue weighted by atomic mass is 32.2. The lowest BCUT2D eigenvalue weighted by molar-refractivity contribution is -0.118. The average molecular weight is 336 g/mol. The number of β-amino-alcohol motifs (C(OH)–C–C–N with tert-alkyl or cyclic N) is 1. The Morgan fingerprint density at radius 1 is 1.48 bits per heavy atom. The zero-order valence-corrected chi connectivity index (χ0v) is 14.4. The van der Waals surface area contributed by atoms with Crippen LogP contribution in [-0.4, -0.2) is 53.0 Å². The number of amides is 2. The fourth-order valence-corrected chi connectivity index (χ4v) is 3.29. The van der Waals surface area contributed by atoms with Crippen LogP contribution >= 0.6 is 11.8 Å². The van der Waals surface area contributed by atoms with E-state index in [1.807, 2.05) is 13.2 Å². The van der Waals surface area contributed by atoms with Gasteiger partial charge < -0.3 is 15.3 Å². The van der Waals surface area contributed by atoms with Gasteiger partial charge >= 0.3 is 0 Å². The second-order valence-electron chi connectivity index (χ2n) is 5.97. The maximum absolute atomic E-state index is 12.5. The van der Waals surface area contributed by atoms with Crippen molar-refractivity contribution >= 4 is 29.3 Å². The van der Waals surface area contributed by atoms with Crippen LogP contribution in [0.2, 0.25) is 0 Å². The van der Waals surface area contributed by atoms with Gasteiger partial charge in [-0.15, -0.1) is 0 Å². The van der Waals surface area contributed by atoms with Crippen LogP contribution in [0.1, 0.15) is 30.1 Å². The Morgan fingerprint density at radius 2 is 2.26 bits per heavy atom. The highest BCUT2D eigenvalue weighted by Crippen LogP contribution is 2.17. The van der Waals surface area contributed by atoms with Gasteiger partial charge in [0, 0.05) is 36.0 Å². The summed E-state index contributed by atoms with van der Waals surface area (Å²) in [6, 6.07) is 6.99. The minimum atomic E-state index is -0.442. The summed E-state index contributed by atoms with van der Waals surface area (Å²) in [6.45, 7) is 2.92. The second-order valence-corrected chi connectivity index (χ2v) is 6.88. The van der Waals surface area contributed by atoms with Crippen molar-refractivity contribution in [3.63, 3.8) is 0 Å². The van der Waals surface area contributed by atoms with E-state index < -0.39 is 6.10 Å². The van der Waals surface area contributed by atoms with Crippen molar-refractivity contribution in [1.82, 2.24) is 4.90 Å². The van der Waals surface area contributed by atoms with E-state index in [0.29, 0.717) is 24.3 Å². The smallest absolute Gasteiger partial charge is 0.254 e. The summed E-state index contributed by atoms with van der Waals surface area (Å²) < 4.78 is 0. The van der Waals surface area contributed by atoms with Gasteiger partial charge in [-0.3, -0.25) is 9.59 Å². The van der Waals surface area contributed by atoms with Gasteiger partial charge in [-0.05, 0) is 37.3 Å². The molecule has 6 heteroatoms. The molecule has 0 spiro atoms. The summed E-state index contributed by atoms with van der Waals surface area (Å²) in [5.41, 5.74) is 1.17. The lowest BCUT2D eigenvalue weighted by Gasteiger charge is -2.30. The van der Waals surface area contributed by atoms with Gasteiger partial charge in [0.2, 0.25) is 5.91 Å². The number of nitrogens with one attached hydrogen (secondary N) is 1. The van der Waals surface area contributed by atoms with Crippen molar-refractivity contribution in [2.75, 3.05) is 30.4 Å². The van der Waals surface area contributed by atoms with E-state index in [4.69, 9.17) is 0 Å². The molecule has 1 fully saturated rings. The molecule has 1 aliphatic heterocycles. The fourth-order valence-electron chi connectivity index (χ4n) is 2.64. The largest absolute Gasteiger partial charge is 0.391 e. The molecule has 5 nitrogen and oxygen atoms in total. The lowest BCUT2D eigenvalue weighted by Crippen LogP contribution is -2.42. The Balaban J connectivity index is 2.04. The van der Waals surface area contributed by atoms with Gasteiger partial charge in [-0.1, -0.05) is 13.0 Å². The monoisotopic (exact) mass is 336 g/mol. The number of benzene rings is 1. The Kier molecular flexibility index (Phi) is 6.47. The predicted molar refractivity (Wildman–Crippen MR) is 93.8 cm³/mol. The first kappa shape index (κ1) is 17.8. The van der Waals surface area contributed by atoms with Gasteiger partial charge in [0.25, 0.3) is 5.91 Å². The van der Waals surface area contributed by atoms with Crippen molar-refractivity contribution in [3.05, 3.63) is 29.8 Å². The number of carbonyl (C=O) groups is 2. The van der Waals surface area contributed by atoms with Gasteiger partial charge in [0.05, 0.1) is 6.10 Å². The molecule has 1 saturated heterocycles. The maximum atomic E-state index is 12.5. The fraction of sp³-hybridized carbons (Fsp3) is 0.529. The zero-order chi connectivity index (χ0) is 16.8. The first-order valence-corrected chi connectivity index (χ1v) is 9.28. The maximum Gasteiger partial charge on any atom is 0.254 e. The van der Waals surface area contributed by atoms with Crippen molar-refractivity contribution in [3.8, 4) is 0 Å².